The number of hydrogen-bond acceptors (Lipinski definition) is 3. The monoisotopic (exact) mass is 226 g/mol. The van der Waals surface area contributed by atoms with Crippen molar-refractivity contribution in [3.8, 4) is 11.5 Å². The largest absolute Gasteiger partial charge is 0.474 e. The summed E-state index contributed by atoms with van der Waals surface area (Å²) in [7, 11) is 0. The second kappa shape index (κ2) is 3.66. The summed E-state index contributed by atoms with van der Waals surface area (Å²) in [6.07, 6.45) is 0. The van der Waals surface area contributed by atoms with Gasteiger partial charge in [0, 0.05) is 6.07 Å². The van der Waals surface area contributed by atoms with E-state index in [1.807, 2.05) is 50.2 Å². The van der Waals surface area contributed by atoms with Gasteiger partial charge in [-0.2, -0.15) is 0 Å². The zero-order valence-corrected chi connectivity index (χ0v) is 9.71. The van der Waals surface area contributed by atoms with Crippen molar-refractivity contribution in [3.63, 3.8) is 0 Å². The molecule has 4 heteroatoms. The average Bonchev–Trinajstić information content (AvgIpc) is 2.74. The Balaban J connectivity index is 2.24. The van der Waals surface area contributed by atoms with Crippen LogP contribution < -0.4 is 4.57 Å². The highest BCUT2D eigenvalue weighted by molar-refractivity contribution is 5.53. The fraction of sp³-hybridized carbons (Fsp3) is 0.154. The lowest BCUT2D eigenvalue weighted by atomic mass is 10.2. The van der Waals surface area contributed by atoms with Gasteiger partial charge in [0.05, 0.1) is 5.56 Å². The topological polar surface area (TPSA) is 43.0 Å². The Labute approximate surface area is 98.5 Å². The molecule has 0 N–H and O–H groups in total. The number of aromatic nitrogens is 3. The smallest absolute Gasteiger partial charge is 0.278 e. The summed E-state index contributed by atoms with van der Waals surface area (Å²) in [5.74, 6) is 1.19. The Morgan fingerprint density at radius 1 is 1.06 bits per heavy atom. The molecule has 84 valence electrons. The molecular formula is C13H12N3O+. The minimum absolute atomic E-state index is 0.590. The first kappa shape index (κ1) is 9.96. The number of benzene rings is 1. The summed E-state index contributed by atoms with van der Waals surface area (Å²) in [5.41, 5.74) is 2.88. The van der Waals surface area contributed by atoms with Gasteiger partial charge < -0.3 is 0 Å². The van der Waals surface area contributed by atoms with Gasteiger partial charge in [0.25, 0.3) is 0 Å². The number of fused-ring (bicyclic) bond motifs is 1. The first-order valence-electron chi connectivity index (χ1n) is 5.47. The molecule has 1 aromatic carbocycles. The van der Waals surface area contributed by atoms with Gasteiger partial charge in [0.2, 0.25) is 0 Å². The lowest BCUT2D eigenvalue weighted by Gasteiger charge is -1.89. The highest BCUT2D eigenvalue weighted by atomic mass is 16.5. The van der Waals surface area contributed by atoms with Gasteiger partial charge in [0.15, 0.2) is 0 Å². The van der Waals surface area contributed by atoms with E-state index >= 15 is 0 Å². The maximum absolute atomic E-state index is 5.68. The molecule has 0 unspecified atom stereocenters. The third kappa shape index (κ3) is 1.67. The Bertz CT molecular complexity index is 674. The number of hydrogen-bond donors (Lipinski definition) is 0. The summed E-state index contributed by atoms with van der Waals surface area (Å²) in [6, 6.07) is 11.8. The van der Waals surface area contributed by atoms with Crippen LogP contribution in [0.3, 0.4) is 0 Å². The fourth-order valence-corrected chi connectivity index (χ4v) is 1.83. The van der Waals surface area contributed by atoms with E-state index in [-0.39, 0.29) is 0 Å². The van der Waals surface area contributed by atoms with E-state index in [9.17, 15) is 0 Å². The van der Waals surface area contributed by atoms with E-state index in [4.69, 9.17) is 4.52 Å². The normalized spacial score (nSPS) is 10.9. The molecule has 0 aliphatic carbocycles. The molecule has 17 heavy (non-hydrogen) atoms. The molecule has 3 rings (SSSR count). The summed E-state index contributed by atoms with van der Waals surface area (Å²) in [5, 5.41) is 0. The molecule has 0 aliphatic heterocycles. The van der Waals surface area contributed by atoms with E-state index in [1.165, 1.54) is 0 Å². The van der Waals surface area contributed by atoms with Crippen LogP contribution in [0, 0.1) is 13.8 Å². The number of rotatable bonds is 1. The molecule has 0 radical (unpaired) electrons. The van der Waals surface area contributed by atoms with Crippen LogP contribution in [-0.2, 0) is 0 Å². The SMILES string of the molecule is Cc1cc(C)[n+]2oc(-c3ccccc3)nc2n1. The molecule has 0 saturated carbocycles. The van der Waals surface area contributed by atoms with Crippen molar-refractivity contribution < 1.29 is 9.10 Å². The summed E-state index contributed by atoms with van der Waals surface area (Å²) >= 11 is 0. The molecule has 4 nitrogen and oxygen atoms in total. The Morgan fingerprint density at radius 3 is 2.59 bits per heavy atom. The van der Waals surface area contributed by atoms with Gasteiger partial charge in [-0.05, 0) is 35.5 Å². The maximum atomic E-state index is 5.68. The number of nitrogens with zero attached hydrogens (tertiary/aromatic N) is 3. The Hall–Kier alpha value is -2.23. The van der Waals surface area contributed by atoms with Crippen LogP contribution in [0.25, 0.3) is 17.2 Å². The van der Waals surface area contributed by atoms with Crippen LogP contribution in [0.4, 0.5) is 0 Å². The van der Waals surface area contributed by atoms with Crippen LogP contribution in [0.5, 0.6) is 0 Å². The van der Waals surface area contributed by atoms with Crippen molar-refractivity contribution in [1.29, 1.82) is 0 Å². The van der Waals surface area contributed by atoms with E-state index < -0.39 is 0 Å². The van der Waals surface area contributed by atoms with Crippen LogP contribution >= 0.6 is 0 Å². The van der Waals surface area contributed by atoms with Crippen LogP contribution in [-0.4, -0.2) is 9.97 Å². The zero-order chi connectivity index (χ0) is 11.8. The van der Waals surface area contributed by atoms with Crippen LogP contribution in [0.15, 0.2) is 40.9 Å². The quantitative estimate of drug-likeness (QED) is 0.597. The summed E-state index contributed by atoms with van der Waals surface area (Å²) in [6.45, 7) is 3.92. The highest BCUT2D eigenvalue weighted by Gasteiger charge is 2.19. The van der Waals surface area contributed by atoms with E-state index in [1.54, 1.807) is 4.57 Å². The predicted molar refractivity (Wildman–Crippen MR) is 62.4 cm³/mol. The van der Waals surface area contributed by atoms with Gasteiger partial charge in [-0.25, -0.2) is 0 Å². The van der Waals surface area contributed by atoms with E-state index in [0.29, 0.717) is 11.7 Å². The molecule has 0 saturated heterocycles. The van der Waals surface area contributed by atoms with Crippen molar-refractivity contribution in [2.24, 2.45) is 0 Å². The molecule has 0 spiro atoms. The molecule has 0 bridgehead atoms. The van der Waals surface area contributed by atoms with E-state index in [2.05, 4.69) is 9.97 Å². The minimum atomic E-state index is 0.590. The molecule has 2 aromatic heterocycles. The van der Waals surface area contributed by atoms with E-state index in [0.717, 1.165) is 17.0 Å². The molecular weight excluding hydrogens is 214 g/mol. The third-order valence-corrected chi connectivity index (χ3v) is 2.60. The Kier molecular flexibility index (Phi) is 2.14. The first-order valence-corrected chi connectivity index (χ1v) is 5.47. The van der Waals surface area contributed by atoms with Gasteiger partial charge in [0.1, 0.15) is 11.4 Å². The fourth-order valence-electron chi connectivity index (χ4n) is 1.83. The molecule has 2 heterocycles. The third-order valence-electron chi connectivity index (χ3n) is 2.60. The second-order valence-electron chi connectivity index (χ2n) is 4.01. The standard InChI is InChI=1S/C13H12N3O/c1-9-8-10(2)16-13(14-9)15-12(17-16)11-6-4-3-5-7-11/h3-8H,1-2H3/q+1. The summed E-state index contributed by atoms with van der Waals surface area (Å²) < 4.78 is 7.33. The van der Waals surface area contributed by atoms with Crippen molar-refractivity contribution in [1.82, 2.24) is 9.97 Å². The lowest BCUT2D eigenvalue weighted by molar-refractivity contribution is -0.722. The van der Waals surface area contributed by atoms with Crippen LogP contribution in [0.2, 0.25) is 0 Å². The second-order valence-corrected chi connectivity index (χ2v) is 4.01. The minimum Gasteiger partial charge on any atom is -0.278 e. The maximum Gasteiger partial charge on any atom is 0.474 e. The molecule has 0 amide bonds. The molecule has 0 atom stereocenters. The first-order chi connectivity index (χ1) is 8.24. The summed E-state index contributed by atoms with van der Waals surface area (Å²) in [4.78, 5) is 8.73. The van der Waals surface area contributed by atoms with Crippen molar-refractivity contribution in [2.45, 2.75) is 13.8 Å². The highest BCUT2D eigenvalue weighted by Crippen LogP contribution is 2.15. The molecule has 0 aliphatic rings. The molecule has 0 fully saturated rings. The Morgan fingerprint density at radius 2 is 1.82 bits per heavy atom. The van der Waals surface area contributed by atoms with Gasteiger partial charge in [-0.1, -0.05) is 23.2 Å². The average molecular weight is 226 g/mol. The van der Waals surface area contributed by atoms with Gasteiger partial charge in [-0.15, -0.1) is 0 Å². The van der Waals surface area contributed by atoms with Crippen LogP contribution in [0.1, 0.15) is 11.4 Å². The lowest BCUT2D eigenvalue weighted by Crippen LogP contribution is -2.24. The van der Waals surface area contributed by atoms with Gasteiger partial charge >= 0.3 is 11.7 Å². The van der Waals surface area contributed by atoms with Crippen molar-refractivity contribution in [2.75, 3.05) is 0 Å². The zero-order valence-electron chi connectivity index (χ0n) is 9.71. The molecule has 3 aromatic rings. The van der Waals surface area contributed by atoms with Gasteiger partial charge in [-0.3, -0.25) is 4.52 Å². The van der Waals surface area contributed by atoms with Crippen molar-refractivity contribution in [3.05, 3.63) is 47.8 Å². The number of aryl methyl sites for hydroxylation is 2. The van der Waals surface area contributed by atoms with Crippen molar-refractivity contribution >= 4 is 5.78 Å². The predicted octanol–water partition coefficient (Wildman–Crippen LogP) is 2.09.